The van der Waals surface area contributed by atoms with Gasteiger partial charge in [-0.3, -0.25) is 24.1 Å². The molecule has 28 heavy (non-hydrogen) atoms. The van der Waals surface area contributed by atoms with Crippen LogP contribution in [0.15, 0.2) is 24.3 Å². The maximum atomic E-state index is 13.2. The van der Waals surface area contributed by atoms with Crippen LogP contribution >= 0.6 is 0 Å². The van der Waals surface area contributed by atoms with Gasteiger partial charge in [-0.25, -0.2) is 4.39 Å². The maximum absolute atomic E-state index is 13.2. The van der Waals surface area contributed by atoms with E-state index < -0.39 is 23.8 Å². The van der Waals surface area contributed by atoms with E-state index in [1.807, 2.05) is 0 Å². The second kappa shape index (κ2) is 8.50. The molecular formula is C20H23FN2O5. The van der Waals surface area contributed by atoms with Gasteiger partial charge in [0.05, 0.1) is 18.3 Å². The Kier molecular flexibility index (Phi) is 6.06. The fraction of sp³-hybridized carbons (Fsp3) is 0.500. The summed E-state index contributed by atoms with van der Waals surface area (Å²) in [5, 5.41) is 2.46. The van der Waals surface area contributed by atoms with Crippen molar-refractivity contribution in [2.45, 2.75) is 45.1 Å². The predicted octanol–water partition coefficient (Wildman–Crippen LogP) is 2.26. The van der Waals surface area contributed by atoms with Crippen molar-refractivity contribution in [3.63, 3.8) is 0 Å². The van der Waals surface area contributed by atoms with Crippen molar-refractivity contribution in [3.05, 3.63) is 30.1 Å². The number of esters is 1. The summed E-state index contributed by atoms with van der Waals surface area (Å²) < 4.78 is 18.2. The van der Waals surface area contributed by atoms with Crippen LogP contribution in [0.5, 0.6) is 0 Å². The molecule has 7 nitrogen and oxygen atoms in total. The number of fused-ring (bicyclic) bond motifs is 1. The number of carbonyl (C=O) groups is 4. The summed E-state index contributed by atoms with van der Waals surface area (Å²) in [4.78, 5) is 50.0. The topological polar surface area (TPSA) is 92.8 Å². The average molecular weight is 390 g/mol. The van der Waals surface area contributed by atoms with Gasteiger partial charge in [0, 0.05) is 12.2 Å². The molecule has 3 amide bonds. The molecule has 0 radical (unpaired) electrons. The Morgan fingerprint density at radius 3 is 2.46 bits per heavy atom. The number of nitrogens with zero attached hydrogens (tertiary/aromatic N) is 1. The number of anilines is 1. The van der Waals surface area contributed by atoms with E-state index in [-0.39, 0.29) is 42.3 Å². The molecule has 1 aromatic rings. The summed E-state index contributed by atoms with van der Waals surface area (Å²) in [5.74, 6) is -2.71. The van der Waals surface area contributed by atoms with Crippen molar-refractivity contribution in [2.24, 2.45) is 11.8 Å². The molecule has 3 rings (SSSR count). The van der Waals surface area contributed by atoms with E-state index in [4.69, 9.17) is 4.74 Å². The number of ether oxygens (including phenoxy) is 1. The lowest BCUT2D eigenvalue weighted by Gasteiger charge is -2.19. The van der Waals surface area contributed by atoms with Gasteiger partial charge in [0.2, 0.25) is 11.8 Å². The van der Waals surface area contributed by atoms with E-state index in [2.05, 4.69) is 5.32 Å². The molecule has 0 spiro atoms. The van der Waals surface area contributed by atoms with Crippen LogP contribution in [0, 0.1) is 17.7 Å². The zero-order valence-electron chi connectivity index (χ0n) is 15.7. The first-order chi connectivity index (χ1) is 13.4. The Hall–Kier alpha value is -2.77. The molecule has 1 aliphatic carbocycles. The highest BCUT2D eigenvalue weighted by Crippen LogP contribution is 2.37. The van der Waals surface area contributed by atoms with Gasteiger partial charge < -0.3 is 10.1 Å². The molecular weight excluding hydrogens is 367 g/mol. The van der Waals surface area contributed by atoms with Crippen molar-refractivity contribution in [1.29, 1.82) is 0 Å². The summed E-state index contributed by atoms with van der Waals surface area (Å²) in [6.07, 6.45) is 2.04. The molecule has 0 aromatic heterocycles. The number of imide groups is 1. The first-order valence-corrected chi connectivity index (χ1v) is 9.48. The van der Waals surface area contributed by atoms with Gasteiger partial charge in [-0.1, -0.05) is 18.9 Å². The van der Waals surface area contributed by atoms with Gasteiger partial charge >= 0.3 is 5.97 Å². The number of hydrogen-bond donors (Lipinski definition) is 1. The number of carbonyl (C=O) groups excluding carboxylic acids is 4. The van der Waals surface area contributed by atoms with Crippen molar-refractivity contribution < 1.29 is 28.3 Å². The molecule has 1 saturated carbocycles. The van der Waals surface area contributed by atoms with E-state index in [0.717, 1.165) is 23.8 Å². The molecule has 150 valence electrons. The molecule has 1 aliphatic heterocycles. The lowest BCUT2D eigenvalue weighted by Crippen LogP contribution is -2.35. The van der Waals surface area contributed by atoms with Crippen LogP contribution in [0.25, 0.3) is 0 Å². The zero-order valence-corrected chi connectivity index (χ0v) is 15.7. The Morgan fingerprint density at radius 1 is 1.21 bits per heavy atom. The van der Waals surface area contributed by atoms with Gasteiger partial charge in [-0.05, 0) is 38.0 Å². The summed E-state index contributed by atoms with van der Waals surface area (Å²) in [5.41, 5.74) is 0.253. The number of halogens is 1. The van der Waals surface area contributed by atoms with Crippen molar-refractivity contribution in [3.8, 4) is 0 Å². The fourth-order valence-corrected chi connectivity index (χ4v) is 3.77. The summed E-state index contributed by atoms with van der Waals surface area (Å²) in [7, 11) is 0. The minimum absolute atomic E-state index is 0.0399. The molecule has 3 atom stereocenters. The number of amides is 3. The summed E-state index contributed by atoms with van der Waals surface area (Å²) >= 11 is 0. The molecule has 2 fully saturated rings. The van der Waals surface area contributed by atoms with Crippen LogP contribution in [0.2, 0.25) is 0 Å². The second-order valence-electron chi connectivity index (χ2n) is 7.21. The molecule has 1 N–H and O–H groups in total. The highest BCUT2D eigenvalue weighted by molar-refractivity contribution is 6.05. The number of hydrogen-bond acceptors (Lipinski definition) is 5. The van der Waals surface area contributed by atoms with Crippen LogP contribution < -0.4 is 5.32 Å². The SMILES string of the molecule is C[C@H](OC(=O)CCN1C(=O)[C@H]2CCCC[C@@H]2C1=O)C(=O)Nc1cccc(F)c1. The highest BCUT2D eigenvalue weighted by Gasteiger charge is 2.47. The average Bonchev–Trinajstić information content (AvgIpc) is 2.91. The third kappa shape index (κ3) is 4.37. The molecule has 1 heterocycles. The van der Waals surface area contributed by atoms with Crippen LogP contribution in [0.3, 0.4) is 0 Å². The predicted molar refractivity (Wildman–Crippen MR) is 97.4 cm³/mol. The van der Waals surface area contributed by atoms with Crippen molar-refractivity contribution in [1.82, 2.24) is 4.90 Å². The van der Waals surface area contributed by atoms with E-state index in [1.54, 1.807) is 0 Å². The van der Waals surface area contributed by atoms with Crippen LogP contribution in [0.4, 0.5) is 10.1 Å². The van der Waals surface area contributed by atoms with Crippen molar-refractivity contribution in [2.75, 3.05) is 11.9 Å². The van der Waals surface area contributed by atoms with Crippen LogP contribution in [0.1, 0.15) is 39.0 Å². The van der Waals surface area contributed by atoms with E-state index in [1.165, 1.54) is 25.1 Å². The molecule has 0 bridgehead atoms. The van der Waals surface area contributed by atoms with Gasteiger partial charge in [0.25, 0.3) is 5.91 Å². The lowest BCUT2D eigenvalue weighted by molar-refractivity contribution is -0.154. The molecule has 1 aromatic carbocycles. The Labute approximate surface area is 162 Å². The Bertz CT molecular complexity index is 773. The zero-order chi connectivity index (χ0) is 20.3. The normalized spacial score (nSPS) is 22.6. The third-order valence-corrected chi connectivity index (χ3v) is 5.24. The molecule has 2 aliphatic rings. The first-order valence-electron chi connectivity index (χ1n) is 9.48. The van der Waals surface area contributed by atoms with Gasteiger partial charge in [0.1, 0.15) is 5.82 Å². The molecule has 1 saturated heterocycles. The first kappa shape index (κ1) is 20.0. The Morgan fingerprint density at radius 2 is 1.86 bits per heavy atom. The number of likely N-dealkylation sites (tertiary alicyclic amines) is 1. The molecule has 0 unspecified atom stereocenters. The maximum Gasteiger partial charge on any atom is 0.308 e. The largest absolute Gasteiger partial charge is 0.452 e. The van der Waals surface area contributed by atoms with E-state index >= 15 is 0 Å². The van der Waals surface area contributed by atoms with Crippen LogP contribution in [-0.2, 0) is 23.9 Å². The quantitative estimate of drug-likeness (QED) is 0.594. The standard InChI is InChI=1S/C20H23FN2O5/c1-12(18(25)22-14-6-4-5-13(21)11-14)28-17(24)9-10-23-19(26)15-7-2-3-8-16(15)20(23)27/h4-6,11-12,15-16H,2-3,7-10H2,1H3,(H,22,25)/t12-,15-,16-/m0/s1. The Balaban J connectivity index is 1.48. The number of nitrogens with one attached hydrogen (secondary N) is 1. The fourth-order valence-electron chi connectivity index (χ4n) is 3.77. The smallest absolute Gasteiger partial charge is 0.308 e. The second-order valence-corrected chi connectivity index (χ2v) is 7.21. The van der Waals surface area contributed by atoms with Gasteiger partial charge in [0.15, 0.2) is 6.10 Å². The number of benzene rings is 1. The third-order valence-electron chi connectivity index (χ3n) is 5.24. The van der Waals surface area contributed by atoms with E-state index in [9.17, 15) is 23.6 Å². The van der Waals surface area contributed by atoms with Gasteiger partial charge in [-0.2, -0.15) is 0 Å². The van der Waals surface area contributed by atoms with Crippen molar-refractivity contribution >= 4 is 29.4 Å². The number of rotatable bonds is 6. The minimum Gasteiger partial charge on any atom is -0.452 e. The van der Waals surface area contributed by atoms with E-state index in [0.29, 0.717) is 12.8 Å². The highest BCUT2D eigenvalue weighted by atomic mass is 19.1. The molecule has 8 heteroatoms. The monoisotopic (exact) mass is 390 g/mol. The van der Waals surface area contributed by atoms with Gasteiger partial charge in [-0.15, -0.1) is 0 Å². The minimum atomic E-state index is -1.09. The summed E-state index contributed by atoms with van der Waals surface area (Å²) in [6, 6.07) is 5.36. The lowest BCUT2D eigenvalue weighted by atomic mass is 9.81. The van der Waals surface area contributed by atoms with Crippen LogP contribution in [-0.4, -0.2) is 41.2 Å². The summed E-state index contributed by atoms with van der Waals surface area (Å²) in [6.45, 7) is 1.36.